The molecule has 1 fully saturated rings. The van der Waals surface area contributed by atoms with Crippen LogP contribution >= 0.6 is 0 Å². The van der Waals surface area contributed by atoms with E-state index in [1.165, 1.54) is 21.3 Å². The molecule has 130 valence electrons. The van der Waals surface area contributed by atoms with Gasteiger partial charge in [-0.1, -0.05) is 0 Å². The first-order valence-corrected chi connectivity index (χ1v) is 8.35. The molecule has 1 aromatic heterocycles. The zero-order valence-corrected chi connectivity index (χ0v) is 14.5. The monoisotopic (exact) mass is 331 g/mol. The minimum Gasteiger partial charge on any atom is -0.391 e. The van der Waals surface area contributed by atoms with Crippen LogP contribution in [0.3, 0.4) is 0 Å². The van der Waals surface area contributed by atoms with Crippen molar-refractivity contribution < 1.29 is 5.11 Å². The second-order valence-electron chi connectivity index (χ2n) is 6.52. The number of nitrogens with zero attached hydrogens (tertiary/aromatic N) is 5. The van der Waals surface area contributed by atoms with E-state index in [2.05, 4.69) is 21.9 Å². The predicted molar refractivity (Wildman–Crippen MR) is 93.9 cm³/mol. The average molecular weight is 331 g/mol. The van der Waals surface area contributed by atoms with Crippen LogP contribution in [0.1, 0.15) is 19.9 Å². The minimum atomic E-state index is -0.634. The predicted octanol–water partition coefficient (Wildman–Crippen LogP) is 0.728. The number of aliphatic hydroxyl groups excluding tert-OH is 1. The van der Waals surface area contributed by atoms with Gasteiger partial charge in [0.1, 0.15) is 6.33 Å². The lowest BCUT2D eigenvalue weighted by molar-refractivity contribution is 0.130. The molecular weight excluding hydrogens is 306 g/mol. The van der Waals surface area contributed by atoms with Crippen LogP contribution in [0.4, 0.5) is 5.69 Å². The maximum atomic E-state index is 12.5. The first kappa shape index (κ1) is 16.7. The van der Waals surface area contributed by atoms with Gasteiger partial charge in [0, 0.05) is 31.9 Å². The maximum Gasteiger partial charge on any atom is 0.350 e. The van der Waals surface area contributed by atoms with Crippen LogP contribution in [-0.2, 0) is 0 Å². The second-order valence-corrected chi connectivity index (χ2v) is 6.52. The summed E-state index contributed by atoms with van der Waals surface area (Å²) in [6, 6.07) is 7.61. The van der Waals surface area contributed by atoms with Crippen LogP contribution < -0.4 is 10.6 Å². The Balaban J connectivity index is 1.80. The number of aliphatic hydroxyl groups is 1. The van der Waals surface area contributed by atoms with Gasteiger partial charge in [0.15, 0.2) is 0 Å². The number of rotatable bonds is 4. The molecule has 1 aliphatic heterocycles. The lowest BCUT2D eigenvalue weighted by Gasteiger charge is -2.34. The van der Waals surface area contributed by atoms with Gasteiger partial charge in [-0.25, -0.2) is 14.0 Å². The minimum absolute atomic E-state index is 0.240. The van der Waals surface area contributed by atoms with E-state index in [9.17, 15) is 9.90 Å². The standard InChI is InChI=1S/C17H25N5O2/c1-13(14(2)23)22-17(24)21(12-18-22)16-6-4-15(5-7-16)20-10-8-19(3)9-11-20/h4-7,12-14,23H,8-11H2,1-3H3/t13-,14-/m0/s1. The van der Waals surface area contributed by atoms with Crippen molar-refractivity contribution in [2.45, 2.75) is 26.0 Å². The Bertz CT molecular complexity index is 726. The van der Waals surface area contributed by atoms with Gasteiger partial charge in [0.2, 0.25) is 0 Å². The van der Waals surface area contributed by atoms with Crippen molar-refractivity contribution in [3.05, 3.63) is 41.1 Å². The zero-order chi connectivity index (χ0) is 17.3. The van der Waals surface area contributed by atoms with E-state index in [0.29, 0.717) is 0 Å². The van der Waals surface area contributed by atoms with Gasteiger partial charge < -0.3 is 14.9 Å². The third-order valence-corrected chi connectivity index (χ3v) is 4.77. The fraction of sp³-hybridized carbons (Fsp3) is 0.529. The van der Waals surface area contributed by atoms with Gasteiger partial charge >= 0.3 is 5.69 Å². The largest absolute Gasteiger partial charge is 0.391 e. The fourth-order valence-corrected chi connectivity index (χ4v) is 2.87. The Morgan fingerprint density at radius 3 is 2.21 bits per heavy atom. The molecule has 1 N–H and O–H groups in total. The van der Waals surface area contributed by atoms with E-state index < -0.39 is 6.10 Å². The molecule has 0 unspecified atom stereocenters. The summed E-state index contributed by atoms with van der Waals surface area (Å²) < 4.78 is 2.83. The maximum absolute atomic E-state index is 12.5. The average Bonchev–Trinajstić information content (AvgIpc) is 2.96. The van der Waals surface area contributed by atoms with E-state index in [1.54, 1.807) is 13.8 Å². The van der Waals surface area contributed by atoms with Crippen molar-refractivity contribution in [3.63, 3.8) is 0 Å². The summed E-state index contributed by atoms with van der Waals surface area (Å²) in [5, 5.41) is 13.8. The van der Waals surface area contributed by atoms with Crippen molar-refractivity contribution in [3.8, 4) is 5.69 Å². The molecule has 1 aromatic carbocycles. The summed E-state index contributed by atoms with van der Waals surface area (Å²) in [5.41, 5.74) is 1.71. The van der Waals surface area contributed by atoms with Crippen LogP contribution in [0.2, 0.25) is 0 Å². The highest BCUT2D eigenvalue weighted by molar-refractivity contribution is 5.51. The number of likely N-dealkylation sites (N-methyl/N-ethyl adjacent to an activating group) is 1. The molecule has 0 saturated carbocycles. The van der Waals surface area contributed by atoms with Crippen LogP contribution in [0, 0.1) is 0 Å². The Hall–Kier alpha value is -2.12. The Labute approximate surface area is 141 Å². The Morgan fingerprint density at radius 1 is 1.04 bits per heavy atom. The number of piperazine rings is 1. The van der Waals surface area contributed by atoms with Crippen LogP contribution in [0.15, 0.2) is 35.4 Å². The van der Waals surface area contributed by atoms with Crippen LogP contribution in [0.25, 0.3) is 5.69 Å². The molecule has 3 rings (SSSR count). The van der Waals surface area contributed by atoms with E-state index in [1.807, 2.05) is 24.3 Å². The number of aromatic nitrogens is 3. The summed E-state index contributed by atoms with van der Waals surface area (Å²) in [7, 11) is 2.14. The van der Waals surface area contributed by atoms with Crippen molar-refractivity contribution in [2.75, 3.05) is 38.1 Å². The number of benzene rings is 1. The fourth-order valence-electron chi connectivity index (χ4n) is 2.87. The summed E-state index contributed by atoms with van der Waals surface area (Å²) >= 11 is 0. The molecule has 0 aliphatic carbocycles. The molecule has 1 aliphatic rings. The van der Waals surface area contributed by atoms with E-state index in [4.69, 9.17) is 0 Å². The van der Waals surface area contributed by atoms with Crippen molar-refractivity contribution in [1.82, 2.24) is 19.2 Å². The molecule has 2 atom stereocenters. The number of hydrogen-bond donors (Lipinski definition) is 1. The third kappa shape index (κ3) is 3.22. The Kier molecular flexibility index (Phi) is 4.73. The Morgan fingerprint density at radius 2 is 1.62 bits per heavy atom. The highest BCUT2D eigenvalue weighted by Gasteiger charge is 2.18. The molecule has 24 heavy (non-hydrogen) atoms. The van der Waals surface area contributed by atoms with Crippen molar-refractivity contribution >= 4 is 5.69 Å². The van der Waals surface area contributed by atoms with Gasteiger partial charge in [-0.3, -0.25) is 0 Å². The molecule has 1 saturated heterocycles. The normalized spacial score (nSPS) is 18.6. The van der Waals surface area contributed by atoms with Crippen LogP contribution in [0.5, 0.6) is 0 Å². The summed E-state index contributed by atoms with van der Waals surface area (Å²) in [4.78, 5) is 17.1. The second kappa shape index (κ2) is 6.78. The lowest BCUT2D eigenvalue weighted by Crippen LogP contribution is -2.44. The first-order chi connectivity index (χ1) is 11.5. The highest BCUT2D eigenvalue weighted by Crippen LogP contribution is 2.18. The zero-order valence-electron chi connectivity index (χ0n) is 14.5. The van der Waals surface area contributed by atoms with Crippen LogP contribution in [-0.4, -0.2) is 63.7 Å². The molecule has 0 radical (unpaired) electrons. The van der Waals surface area contributed by atoms with Gasteiger partial charge in [-0.15, -0.1) is 0 Å². The molecular formula is C17H25N5O2. The smallest absolute Gasteiger partial charge is 0.350 e. The molecule has 0 spiro atoms. The number of hydrogen-bond acceptors (Lipinski definition) is 5. The van der Waals surface area contributed by atoms with Crippen molar-refractivity contribution in [1.29, 1.82) is 0 Å². The SMILES string of the molecule is C[C@H](O)[C@H](C)n1ncn(-c2ccc(N3CCN(C)CC3)cc2)c1=O. The molecule has 7 nitrogen and oxygen atoms in total. The van der Waals surface area contributed by atoms with E-state index >= 15 is 0 Å². The molecule has 2 aromatic rings. The third-order valence-electron chi connectivity index (χ3n) is 4.77. The quantitative estimate of drug-likeness (QED) is 0.895. The number of anilines is 1. The van der Waals surface area contributed by atoms with Gasteiger partial charge in [0.05, 0.1) is 17.8 Å². The topological polar surface area (TPSA) is 66.5 Å². The van der Waals surface area contributed by atoms with Gasteiger partial charge in [0.25, 0.3) is 0 Å². The molecule has 0 amide bonds. The van der Waals surface area contributed by atoms with Gasteiger partial charge in [-0.05, 0) is 45.2 Å². The molecule has 0 bridgehead atoms. The van der Waals surface area contributed by atoms with Gasteiger partial charge in [-0.2, -0.15) is 5.10 Å². The van der Waals surface area contributed by atoms with E-state index in [0.717, 1.165) is 31.9 Å². The first-order valence-electron chi connectivity index (χ1n) is 8.35. The summed E-state index contributed by atoms with van der Waals surface area (Å²) in [6.45, 7) is 7.58. The lowest BCUT2D eigenvalue weighted by atomic mass is 10.2. The van der Waals surface area contributed by atoms with E-state index in [-0.39, 0.29) is 11.7 Å². The summed E-state index contributed by atoms with van der Waals surface area (Å²) in [5.74, 6) is 0. The summed E-state index contributed by atoms with van der Waals surface area (Å²) in [6.07, 6.45) is 0.872. The van der Waals surface area contributed by atoms with Crippen molar-refractivity contribution in [2.24, 2.45) is 0 Å². The molecule has 2 heterocycles. The molecule has 7 heteroatoms. The highest BCUT2D eigenvalue weighted by atomic mass is 16.3.